The van der Waals surface area contributed by atoms with Gasteiger partial charge in [0.1, 0.15) is 28.0 Å². The van der Waals surface area contributed by atoms with Gasteiger partial charge in [0.25, 0.3) is 0 Å². The highest BCUT2D eigenvalue weighted by Crippen LogP contribution is 2.50. The lowest BCUT2D eigenvalue weighted by Crippen LogP contribution is -2.03. The van der Waals surface area contributed by atoms with E-state index in [9.17, 15) is 0 Å². The van der Waals surface area contributed by atoms with Crippen LogP contribution < -0.4 is 4.74 Å². The summed E-state index contributed by atoms with van der Waals surface area (Å²) in [6, 6.07) is 51.3. The lowest BCUT2D eigenvalue weighted by molar-refractivity contribution is 0.420. The van der Waals surface area contributed by atoms with E-state index in [1.807, 2.05) is 0 Å². The Kier molecular flexibility index (Phi) is 6.41. The van der Waals surface area contributed by atoms with E-state index in [2.05, 4.69) is 164 Å². The molecular formula is C53H33N3O3. The Morgan fingerprint density at radius 2 is 1.12 bits per heavy atom. The molecule has 59 heavy (non-hydrogen) atoms. The van der Waals surface area contributed by atoms with Crippen LogP contribution in [0.5, 0.6) is 5.75 Å². The first-order chi connectivity index (χ1) is 29.0. The lowest BCUT2D eigenvalue weighted by Gasteiger charge is -2.14. The number of aromatic nitrogens is 3. The molecule has 0 spiro atoms. The molecule has 0 aliphatic carbocycles. The van der Waals surface area contributed by atoms with Gasteiger partial charge in [-0.1, -0.05) is 120 Å². The van der Waals surface area contributed by atoms with Crippen molar-refractivity contribution in [3.8, 4) is 23.0 Å². The van der Waals surface area contributed by atoms with Crippen molar-refractivity contribution in [2.75, 3.05) is 7.11 Å². The molecule has 4 aromatic heterocycles. The Labute approximate surface area is 336 Å². The van der Waals surface area contributed by atoms with Crippen molar-refractivity contribution in [1.82, 2.24) is 14.5 Å². The van der Waals surface area contributed by atoms with Gasteiger partial charge in [-0.25, -0.2) is 9.97 Å². The summed E-state index contributed by atoms with van der Waals surface area (Å²) in [5, 5.41) is 13.8. The summed E-state index contributed by atoms with van der Waals surface area (Å²) in [6.07, 6.45) is 0. The van der Waals surface area contributed by atoms with E-state index in [1.54, 1.807) is 7.11 Å². The van der Waals surface area contributed by atoms with Crippen molar-refractivity contribution in [2.45, 2.75) is 13.8 Å². The number of nitrogens with zero attached hydrogens (tertiary/aromatic N) is 3. The number of methoxy groups -OCH3 is 1. The minimum atomic E-state index is 0.621. The zero-order valence-electron chi connectivity index (χ0n) is 32.4. The van der Waals surface area contributed by atoms with Crippen molar-refractivity contribution >= 4 is 109 Å². The second kappa shape index (κ2) is 11.7. The number of fused-ring (bicyclic) bond motifs is 18. The molecule has 0 aliphatic rings. The fourth-order valence-corrected chi connectivity index (χ4v) is 9.88. The molecule has 4 heterocycles. The molecule has 0 radical (unpaired) electrons. The van der Waals surface area contributed by atoms with Gasteiger partial charge in [-0.15, -0.1) is 0 Å². The highest BCUT2D eigenvalue weighted by atomic mass is 16.5. The second-order valence-corrected chi connectivity index (χ2v) is 15.8. The molecule has 0 amide bonds. The minimum absolute atomic E-state index is 0.621. The maximum absolute atomic E-state index is 7.02. The van der Waals surface area contributed by atoms with E-state index in [-0.39, 0.29) is 0 Å². The van der Waals surface area contributed by atoms with Crippen molar-refractivity contribution in [1.29, 1.82) is 0 Å². The van der Waals surface area contributed by atoms with Crippen LogP contribution in [0.1, 0.15) is 11.1 Å². The van der Waals surface area contributed by atoms with Gasteiger partial charge < -0.3 is 13.6 Å². The highest BCUT2D eigenvalue weighted by molar-refractivity contribution is 6.38. The van der Waals surface area contributed by atoms with Gasteiger partial charge in [0, 0.05) is 48.7 Å². The fourth-order valence-electron chi connectivity index (χ4n) is 9.88. The van der Waals surface area contributed by atoms with Crippen molar-refractivity contribution in [2.24, 2.45) is 0 Å². The largest absolute Gasteiger partial charge is 0.496 e. The molecule has 0 aliphatic heterocycles. The van der Waals surface area contributed by atoms with Gasteiger partial charge in [-0.05, 0) is 71.8 Å². The number of rotatable bonds is 3. The van der Waals surface area contributed by atoms with Gasteiger partial charge in [0.05, 0.1) is 23.5 Å². The number of benzene rings is 9. The predicted octanol–water partition coefficient (Wildman–Crippen LogP) is 14.3. The number of furan rings is 2. The third kappa shape index (κ3) is 4.40. The van der Waals surface area contributed by atoms with E-state index in [4.69, 9.17) is 23.5 Å². The van der Waals surface area contributed by atoms with Crippen molar-refractivity contribution in [3.05, 3.63) is 157 Å². The summed E-state index contributed by atoms with van der Waals surface area (Å²) in [5.41, 5.74) is 9.11. The Morgan fingerprint density at radius 1 is 0.475 bits per heavy atom. The maximum atomic E-state index is 7.02. The van der Waals surface area contributed by atoms with Crippen LogP contribution in [-0.2, 0) is 0 Å². The first-order valence-electron chi connectivity index (χ1n) is 19.9. The fraction of sp³-hybridized carbons (Fsp3) is 0.0566. The predicted molar refractivity (Wildman–Crippen MR) is 242 cm³/mol. The van der Waals surface area contributed by atoms with Crippen LogP contribution in [0.15, 0.2) is 154 Å². The average Bonchev–Trinajstić information content (AvgIpc) is 3.94. The SMILES string of the molecule is COc1cc2c3c4c5cc6ccccc6cc5oc4c4ccccc4c3n(-c3nc(-c4cc(C)cc(C)c4)nc4c3oc3ccc5ccccc5c34)c2c2ccccc12. The Morgan fingerprint density at radius 3 is 1.88 bits per heavy atom. The number of hydrogen-bond acceptors (Lipinski definition) is 5. The van der Waals surface area contributed by atoms with Crippen LogP contribution in [0.2, 0.25) is 0 Å². The highest BCUT2D eigenvalue weighted by Gasteiger charge is 2.29. The quantitative estimate of drug-likeness (QED) is 0.179. The molecule has 0 fully saturated rings. The zero-order valence-corrected chi connectivity index (χ0v) is 32.4. The van der Waals surface area contributed by atoms with Crippen LogP contribution in [0.25, 0.3) is 126 Å². The average molecular weight is 760 g/mol. The third-order valence-corrected chi connectivity index (χ3v) is 12.3. The van der Waals surface area contributed by atoms with Crippen LogP contribution in [-0.4, -0.2) is 21.6 Å². The molecule has 13 rings (SSSR count). The van der Waals surface area contributed by atoms with Crippen LogP contribution >= 0.6 is 0 Å². The Bertz CT molecular complexity index is 3960. The molecule has 0 N–H and O–H groups in total. The summed E-state index contributed by atoms with van der Waals surface area (Å²) < 4.78 is 22.5. The molecule has 0 saturated carbocycles. The minimum Gasteiger partial charge on any atom is -0.496 e. The van der Waals surface area contributed by atoms with Crippen molar-refractivity contribution in [3.63, 3.8) is 0 Å². The van der Waals surface area contributed by atoms with E-state index in [0.29, 0.717) is 17.2 Å². The maximum Gasteiger partial charge on any atom is 0.197 e. The first kappa shape index (κ1) is 32.4. The van der Waals surface area contributed by atoms with E-state index in [0.717, 1.165) is 126 Å². The zero-order chi connectivity index (χ0) is 39.1. The van der Waals surface area contributed by atoms with Gasteiger partial charge in [0.15, 0.2) is 17.2 Å². The Balaban J connectivity index is 1.33. The van der Waals surface area contributed by atoms with Crippen molar-refractivity contribution < 1.29 is 13.6 Å². The smallest absolute Gasteiger partial charge is 0.197 e. The van der Waals surface area contributed by atoms with Crippen LogP contribution in [0.3, 0.4) is 0 Å². The summed E-state index contributed by atoms with van der Waals surface area (Å²) in [7, 11) is 1.75. The molecular weight excluding hydrogens is 727 g/mol. The van der Waals surface area contributed by atoms with Crippen LogP contribution in [0, 0.1) is 13.8 Å². The van der Waals surface area contributed by atoms with Gasteiger partial charge in [0.2, 0.25) is 0 Å². The lowest BCUT2D eigenvalue weighted by atomic mass is 9.97. The molecule has 0 unspecified atom stereocenters. The molecule has 278 valence electrons. The number of hydrogen-bond donors (Lipinski definition) is 0. The third-order valence-electron chi connectivity index (χ3n) is 12.3. The molecule has 6 heteroatoms. The molecule has 6 nitrogen and oxygen atoms in total. The first-order valence-corrected chi connectivity index (χ1v) is 19.9. The molecule has 0 bridgehead atoms. The van der Waals surface area contributed by atoms with Gasteiger partial charge in [-0.3, -0.25) is 4.57 Å². The standard InChI is InChI=1S/C53H33N3O3/c1-28-22-29(2)24-33(23-28)52-54-47-44-34-15-7-6-12-30(34)20-21-41(44)58-51(47)53(55-52)56-48-36-17-9-8-16-35(36)42(57-3)27-40(48)45-46-39-25-31-13-4-5-14-32(31)26-43(39)59-50(46)38-19-11-10-18-37(38)49(45)56/h4-27H,1-3H3. The van der Waals surface area contributed by atoms with E-state index in [1.165, 1.54) is 0 Å². The van der Waals surface area contributed by atoms with Crippen LogP contribution in [0.4, 0.5) is 0 Å². The molecule has 13 aromatic rings. The monoisotopic (exact) mass is 759 g/mol. The molecule has 9 aromatic carbocycles. The van der Waals surface area contributed by atoms with E-state index < -0.39 is 0 Å². The number of ether oxygens (including phenoxy) is 1. The summed E-state index contributed by atoms with van der Waals surface area (Å²) in [5.74, 6) is 2.10. The Hall–Kier alpha value is -7.70. The van der Waals surface area contributed by atoms with Gasteiger partial charge >= 0.3 is 0 Å². The van der Waals surface area contributed by atoms with E-state index >= 15 is 0 Å². The summed E-state index contributed by atoms with van der Waals surface area (Å²) in [6.45, 7) is 4.25. The van der Waals surface area contributed by atoms with Gasteiger partial charge in [-0.2, -0.15) is 0 Å². The summed E-state index contributed by atoms with van der Waals surface area (Å²) >= 11 is 0. The second-order valence-electron chi connectivity index (χ2n) is 15.8. The summed E-state index contributed by atoms with van der Waals surface area (Å²) in [4.78, 5) is 11.0. The normalized spacial score (nSPS) is 12.3. The number of aryl methyl sites for hydroxylation is 2. The topological polar surface area (TPSA) is 66.2 Å². The molecule has 0 saturated heterocycles. The molecule has 0 atom stereocenters.